The predicted octanol–water partition coefficient (Wildman–Crippen LogP) is 1.78. The lowest BCUT2D eigenvalue weighted by Gasteiger charge is -2.38. The van der Waals surface area contributed by atoms with Crippen LogP contribution in [0.3, 0.4) is 0 Å². The van der Waals surface area contributed by atoms with Crippen LogP contribution < -0.4 is 0 Å². The van der Waals surface area contributed by atoms with E-state index >= 15 is 0 Å². The molecular formula is C20H31N5. The molecule has 0 N–H and O–H groups in total. The molecular weight excluding hydrogens is 310 g/mol. The van der Waals surface area contributed by atoms with Gasteiger partial charge in [0.1, 0.15) is 0 Å². The second-order valence-electron chi connectivity index (χ2n) is 7.24. The summed E-state index contributed by atoms with van der Waals surface area (Å²) in [5.41, 5.74) is 1.14. The molecule has 3 heterocycles. The van der Waals surface area contributed by atoms with E-state index in [-0.39, 0.29) is 0 Å². The van der Waals surface area contributed by atoms with Crippen LogP contribution in [0.15, 0.2) is 41.5 Å². The van der Waals surface area contributed by atoms with Gasteiger partial charge in [-0.3, -0.25) is 24.7 Å². The first kappa shape index (κ1) is 18.2. The van der Waals surface area contributed by atoms with E-state index in [9.17, 15) is 0 Å². The molecule has 2 aliphatic heterocycles. The fourth-order valence-corrected chi connectivity index (χ4v) is 3.67. The first-order chi connectivity index (χ1) is 12.2. The molecule has 0 aliphatic carbocycles. The van der Waals surface area contributed by atoms with Crippen molar-refractivity contribution in [1.82, 2.24) is 19.7 Å². The van der Waals surface area contributed by atoms with Crippen LogP contribution >= 0.6 is 0 Å². The fraction of sp³-hybridized carbons (Fsp3) is 0.600. The van der Waals surface area contributed by atoms with Gasteiger partial charge in [-0.15, -0.1) is 0 Å². The second kappa shape index (κ2) is 9.22. The lowest BCUT2D eigenvalue weighted by molar-refractivity contribution is 0.138. The zero-order valence-electron chi connectivity index (χ0n) is 15.6. The van der Waals surface area contributed by atoms with E-state index in [1.165, 1.54) is 0 Å². The lowest BCUT2D eigenvalue weighted by Crippen LogP contribution is -2.49. The number of pyridine rings is 1. The van der Waals surface area contributed by atoms with Gasteiger partial charge in [0.25, 0.3) is 0 Å². The molecule has 1 aromatic rings. The third-order valence-corrected chi connectivity index (χ3v) is 5.31. The largest absolute Gasteiger partial charge is 0.298 e. The summed E-state index contributed by atoms with van der Waals surface area (Å²) < 4.78 is 0. The minimum absolute atomic E-state index is 0.586. The van der Waals surface area contributed by atoms with Crippen molar-refractivity contribution in [3.8, 4) is 0 Å². The smallest absolute Gasteiger partial charge is 0.0543 e. The lowest BCUT2D eigenvalue weighted by atomic mass is 9.96. The summed E-state index contributed by atoms with van der Waals surface area (Å²) in [4.78, 5) is 16.6. The fourth-order valence-electron chi connectivity index (χ4n) is 3.67. The topological polar surface area (TPSA) is 35.0 Å². The van der Waals surface area contributed by atoms with Crippen molar-refractivity contribution in [2.75, 3.05) is 52.9 Å². The van der Waals surface area contributed by atoms with Crippen molar-refractivity contribution in [3.05, 3.63) is 42.2 Å². The molecule has 1 aromatic heterocycles. The molecule has 0 amide bonds. The second-order valence-corrected chi connectivity index (χ2v) is 7.24. The highest BCUT2D eigenvalue weighted by Crippen LogP contribution is 2.17. The Labute approximate surface area is 152 Å². The zero-order chi connectivity index (χ0) is 17.5. The SMILES string of the molecule is CC1C=CCN(C)C1CN1CC=NCCN(Cc2ccccn2)CC1. The van der Waals surface area contributed by atoms with Gasteiger partial charge in [-0.2, -0.15) is 0 Å². The number of likely N-dealkylation sites (N-methyl/N-ethyl adjacent to an activating group) is 1. The molecule has 0 saturated heterocycles. The van der Waals surface area contributed by atoms with Crippen LogP contribution in [0.5, 0.6) is 0 Å². The predicted molar refractivity (Wildman–Crippen MR) is 104 cm³/mol. The average molecular weight is 342 g/mol. The van der Waals surface area contributed by atoms with Gasteiger partial charge in [-0.05, 0) is 25.1 Å². The Morgan fingerprint density at radius 3 is 2.80 bits per heavy atom. The van der Waals surface area contributed by atoms with E-state index in [0.29, 0.717) is 12.0 Å². The van der Waals surface area contributed by atoms with Crippen LogP contribution in [0, 0.1) is 5.92 Å². The first-order valence-electron chi connectivity index (χ1n) is 9.42. The van der Waals surface area contributed by atoms with Crippen LogP contribution in [-0.4, -0.2) is 84.8 Å². The number of nitrogens with zero attached hydrogens (tertiary/aromatic N) is 5. The third-order valence-electron chi connectivity index (χ3n) is 5.31. The molecule has 2 aliphatic rings. The van der Waals surface area contributed by atoms with Gasteiger partial charge in [0.2, 0.25) is 0 Å². The van der Waals surface area contributed by atoms with E-state index in [0.717, 1.165) is 58.1 Å². The standard InChI is InChI=1S/C20H31N5/c1-18-6-5-11-23(2)20(18)17-25-13-10-21-9-12-24(14-15-25)16-19-7-3-4-8-22-19/h3-8,10,18,20H,9,11-17H2,1-2H3. The number of rotatable bonds is 4. The molecule has 5 heteroatoms. The van der Waals surface area contributed by atoms with Gasteiger partial charge in [0.15, 0.2) is 0 Å². The van der Waals surface area contributed by atoms with Crippen molar-refractivity contribution < 1.29 is 0 Å². The van der Waals surface area contributed by atoms with Crippen LogP contribution in [0.2, 0.25) is 0 Å². The average Bonchev–Trinajstić information content (AvgIpc) is 2.72. The maximum absolute atomic E-state index is 4.61. The molecule has 3 rings (SSSR count). The Bertz CT molecular complexity index is 571. The van der Waals surface area contributed by atoms with Crippen molar-refractivity contribution in [3.63, 3.8) is 0 Å². The maximum Gasteiger partial charge on any atom is 0.0543 e. The number of hydrogen-bond acceptors (Lipinski definition) is 5. The third kappa shape index (κ3) is 5.46. The monoisotopic (exact) mass is 341 g/mol. The number of hydrogen-bond donors (Lipinski definition) is 0. The summed E-state index contributed by atoms with van der Waals surface area (Å²) in [6, 6.07) is 6.74. The molecule has 2 atom stereocenters. The van der Waals surface area contributed by atoms with Crippen molar-refractivity contribution in [1.29, 1.82) is 0 Å². The van der Waals surface area contributed by atoms with Crippen molar-refractivity contribution >= 4 is 6.21 Å². The van der Waals surface area contributed by atoms with Crippen molar-refractivity contribution in [2.24, 2.45) is 10.9 Å². The summed E-state index contributed by atoms with van der Waals surface area (Å²) in [6.07, 6.45) is 8.63. The summed E-state index contributed by atoms with van der Waals surface area (Å²) in [7, 11) is 2.24. The van der Waals surface area contributed by atoms with E-state index in [2.05, 4.69) is 69.1 Å². The Kier molecular flexibility index (Phi) is 6.73. The molecule has 0 saturated carbocycles. The molecule has 0 bridgehead atoms. The van der Waals surface area contributed by atoms with E-state index in [4.69, 9.17) is 0 Å². The Morgan fingerprint density at radius 2 is 2.00 bits per heavy atom. The Hall–Kier alpha value is -1.56. The van der Waals surface area contributed by atoms with Gasteiger partial charge in [0.05, 0.1) is 12.2 Å². The molecule has 0 spiro atoms. The minimum atomic E-state index is 0.586. The van der Waals surface area contributed by atoms with Gasteiger partial charge >= 0.3 is 0 Å². The van der Waals surface area contributed by atoms with Crippen LogP contribution in [0.25, 0.3) is 0 Å². The highest BCUT2D eigenvalue weighted by atomic mass is 15.2. The zero-order valence-corrected chi connectivity index (χ0v) is 15.6. The van der Waals surface area contributed by atoms with Gasteiger partial charge in [-0.25, -0.2) is 0 Å². The molecule has 0 radical (unpaired) electrons. The quantitative estimate of drug-likeness (QED) is 0.782. The van der Waals surface area contributed by atoms with Crippen LogP contribution in [0.4, 0.5) is 0 Å². The number of aliphatic imine (C=N–C) groups is 1. The molecule has 25 heavy (non-hydrogen) atoms. The maximum atomic E-state index is 4.61. The van der Waals surface area contributed by atoms with E-state index in [1.54, 1.807) is 0 Å². The Balaban J connectivity index is 1.59. The molecule has 0 aromatic carbocycles. The van der Waals surface area contributed by atoms with Crippen molar-refractivity contribution in [2.45, 2.75) is 19.5 Å². The van der Waals surface area contributed by atoms with Crippen LogP contribution in [-0.2, 0) is 6.54 Å². The van der Waals surface area contributed by atoms with Gasteiger partial charge in [0, 0.05) is 64.3 Å². The summed E-state index contributed by atoms with van der Waals surface area (Å²) in [5.74, 6) is 0.605. The van der Waals surface area contributed by atoms with Gasteiger partial charge < -0.3 is 0 Å². The van der Waals surface area contributed by atoms with Crippen LogP contribution in [0.1, 0.15) is 12.6 Å². The molecule has 5 nitrogen and oxygen atoms in total. The Morgan fingerprint density at radius 1 is 1.12 bits per heavy atom. The van der Waals surface area contributed by atoms with Gasteiger partial charge in [-0.1, -0.05) is 25.1 Å². The summed E-state index contributed by atoms with van der Waals surface area (Å²) in [5, 5.41) is 0. The molecule has 0 fully saturated rings. The summed E-state index contributed by atoms with van der Waals surface area (Å²) in [6.45, 7) is 10.4. The molecule has 2 unspecified atom stereocenters. The van der Waals surface area contributed by atoms with E-state index in [1.807, 2.05) is 12.3 Å². The highest BCUT2D eigenvalue weighted by molar-refractivity contribution is 5.59. The summed E-state index contributed by atoms with van der Waals surface area (Å²) >= 11 is 0. The van der Waals surface area contributed by atoms with E-state index < -0.39 is 0 Å². The number of aromatic nitrogens is 1. The minimum Gasteiger partial charge on any atom is -0.298 e. The normalized spacial score (nSPS) is 27.0. The highest BCUT2D eigenvalue weighted by Gasteiger charge is 2.25. The molecule has 136 valence electrons. The first-order valence-corrected chi connectivity index (χ1v) is 9.42.